The first-order valence-electron chi connectivity index (χ1n) is 8.60. The van der Waals surface area contributed by atoms with Crippen molar-refractivity contribution in [1.29, 1.82) is 0 Å². The van der Waals surface area contributed by atoms with Gasteiger partial charge in [0.2, 0.25) is 0 Å². The van der Waals surface area contributed by atoms with E-state index in [0.717, 1.165) is 34.6 Å². The van der Waals surface area contributed by atoms with Crippen molar-refractivity contribution in [2.45, 2.75) is 20.3 Å². The van der Waals surface area contributed by atoms with Crippen molar-refractivity contribution in [3.8, 4) is 11.1 Å². The van der Waals surface area contributed by atoms with Crippen molar-refractivity contribution in [3.05, 3.63) is 48.5 Å². The fourth-order valence-electron chi connectivity index (χ4n) is 2.84. The molecular weight excluding hydrogens is 328 g/mol. The predicted octanol–water partition coefficient (Wildman–Crippen LogP) is 3.37. The van der Waals surface area contributed by atoms with Gasteiger partial charge in [0.05, 0.1) is 17.6 Å². The second-order valence-corrected chi connectivity index (χ2v) is 5.73. The summed E-state index contributed by atoms with van der Waals surface area (Å²) in [5.74, 6) is 0.493. The lowest BCUT2D eigenvalue weighted by molar-refractivity contribution is 0.252. The van der Waals surface area contributed by atoms with E-state index in [0.29, 0.717) is 12.4 Å². The summed E-state index contributed by atoms with van der Waals surface area (Å²) in [4.78, 5) is 25.0. The van der Waals surface area contributed by atoms with Crippen LogP contribution in [0.2, 0.25) is 0 Å². The van der Waals surface area contributed by atoms with Crippen LogP contribution in [0, 0.1) is 0 Å². The molecule has 134 valence electrons. The van der Waals surface area contributed by atoms with E-state index in [2.05, 4.69) is 38.6 Å². The molecule has 0 bridgehead atoms. The first-order valence-corrected chi connectivity index (χ1v) is 8.60. The van der Waals surface area contributed by atoms with Gasteiger partial charge in [-0.15, -0.1) is 0 Å². The van der Waals surface area contributed by atoms with Crippen LogP contribution in [0.4, 0.5) is 10.6 Å². The maximum Gasteiger partial charge on any atom is 0.320 e. The van der Waals surface area contributed by atoms with Crippen LogP contribution in [-0.2, 0) is 0 Å². The molecule has 0 fully saturated rings. The zero-order chi connectivity index (χ0) is 18.5. The first-order chi connectivity index (χ1) is 12.7. The molecule has 0 unspecified atom stereocenters. The molecule has 26 heavy (non-hydrogen) atoms. The van der Waals surface area contributed by atoms with Crippen molar-refractivity contribution in [3.63, 3.8) is 0 Å². The van der Waals surface area contributed by atoms with Crippen molar-refractivity contribution in [2.24, 2.45) is 4.99 Å². The molecule has 3 rings (SSSR count). The minimum atomic E-state index is -0.273. The van der Waals surface area contributed by atoms with Gasteiger partial charge in [-0.05, 0) is 37.1 Å². The fraction of sp³-hybridized carbons (Fsp3) is 0.263. The van der Waals surface area contributed by atoms with Crippen LogP contribution in [0.3, 0.4) is 0 Å². The Morgan fingerprint density at radius 3 is 2.77 bits per heavy atom. The van der Waals surface area contributed by atoms with E-state index in [-0.39, 0.29) is 6.03 Å². The number of aliphatic imine (C=N–C) groups is 1. The van der Waals surface area contributed by atoms with Gasteiger partial charge in [0.1, 0.15) is 5.65 Å². The number of amides is 2. The number of pyridine rings is 2. The van der Waals surface area contributed by atoms with E-state index < -0.39 is 0 Å². The van der Waals surface area contributed by atoms with Crippen molar-refractivity contribution < 1.29 is 4.79 Å². The van der Waals surface area contributed by atoms with Crippen molar-refractivity contribution >= 4 is 23.2 Å². The number of anilines is 1. The molecular formula is C19H22N6O. The highest BCUT2D eigenvalue weighted by atomic mass is 16.2. The lowest BCUT2D eigenvalue weighted by atomic mass is 10.1. The molecule has 0 radical (unpaired) electrons. The summed E-state index contributed by atoms with van der Waals surface area (Å²) in [6.45, 7) is 4.49. The van der Waals surface area contributed by atoms with Crippen molar-refractivity contribution in [1.82, 2.24) is 19.7 Å². The number of urea groups is 1. The van der Waals surface area contributed by atoms with Gasteiger partial charge < -0.3 is 5.32 Å². The largest absolute Gasteiger partial charge is 0.338 e. The molecule has 0 aromatic carbocycles. The molecule has 3 heterocycles. The lowest BCUT2D eigenvalue weighted by Gasteiger charge is -2.10. The zero-order valence-electron chi connectivity index (χ0n) is 15.2. The number of hydrogen-bond donors (Lipinski definition) is 2. The van der Waals surface area contributed by atoms with Gasteiger partial charge in [-0.2, -0.15) is 0 Å². The number of carbonyl (C=O) groups is 1. The van der Waals surface area contributed by atoms with Gasteiger partial charge in [0.15, 0.2) is 5.82 Å². The molecule has 3 aromatic heterocycles. The summed E-state index contributed by atoms with van der Waals surface area (Å²) < 4.78 is 1.95. The van der Waals surface area contributed by atoms with Crippen LogP contribution in [-0.4, -0.2) is 39.7 Å². The molecule has 0 atom stereocenters. The highest BCUT2D eigenvalue weighted by Crippen LogP contribution is 2.24. The van der Waals surface area contributed by atoms with Gasteiger partial charge in [-0.1, -0.05) is 13.0 Å². The fourth-order valence-corrected chi connectivity index (χ4v) is 2.84. The molecule has 0 saturated carbocycles. The molecule has 0 saturated heterocycles. The van der Waals surface area contributed by atoms with Gasteiger partial charge >= 0.3 is 6.03 Å². The Bertz CT molecular complexity index is 945. The molecule has 0 aliphatic carbocycles. The summed E-state index contributed by atoms with van der Waals surface area (Å²) in [7, 11) is 1.78. The van der Waals surface area contributed by atoms with Crippen LogP contribution in [0.5, 0.6) is 0 Å². The smallest absolute Gasteiger partial charge is 0.320 e. The maximum absolute atomic E-state index is 11.8. The number of nitrogens with zero attached hydrogens (tertiary/aromatic N) is 4. The highest BCUT2D eigenvalue weighted by molar-refractivity contribution is 6.01. The van der Waals surface area contributed by atoms with Gasteiger partial charge in [0.25, 0.3) is 0 Å². The number of nitrogens with one attached hydrogen (secondary N) is 2. The Labute approximate surface area is 152 Å². The number of fused-ring (bicyclic) bond motifs is 1. The molecule has 0 spiro atoms. The number of carbonyl (C=O) groups excluding carboxylic acids is 1. The number of hydrogen-bond acceptors (Lipinski definition) is 4. The minimum absolute atomic E-state index is 0.273. The quantitative estimate of drug-likeness (QED) is 0.692. The monoisotopic (exact) mass is 350 g/mol. The average molecular weight is 350 g/mol. The Hall–Kier alpha value is -3.22. The molecule has 7 nitrogen and oxygen atoms in total. The van der Waals surface area contributed by atoms with E-state index in [1.807, 2.05) is 41.9 Å². The highest BCUT2D eigenvalue weighted by Gasteiger charge is 2.13. The van der Waals surface area contributed by atoms with E-state index in [4.69, 9.17) is 0 Å². The molecule has 7 heteroatoms. The SMILES string of the molecule is CCNC(=O)Nc1cn2c(C(CC)=NC)cc(-c3cccnc3)cc2n1. The molecule has 2 N–H and O–H groups in total. The summed E-state index contributed by atoms with van der Waals surface area (Å²) >= 11 is 0. The molecule has 0 aliphatic rings. The van der Waals surface area contributed by atoms with Crippen LogP contribution >= 0.6 is 0 Å². The third-order valence-electron chi connectivity index (χ3n) is 4.04. The maximum atomic E-state index is 11.8. The van der Waals surface area contributed by atoms with Crippen LogP contribution in [0.25, 0.3) is 16.8 Å². The van der Waals surface area contributed by atoms with Crippen molar-refractivity contribution in [2.75, 3.05) is 18.9 Å². The second kappa shape index (κ2) is 7.77. The topological polar surface area (TPSA) is 83.7 Å². The van der Waals surface area contributed by atoms with Gasteiger partial charge in [-0.25, -0.2) is 9.78 Å². The summed E-state index contributed by atoms with van der Waals surface area (Å²) in [5.41, 5.74) is 4.66. The van der Waals surface area contributed by atoms with Crippen LogP contribution in [0.15, 0.2) is 47.8 Å². The Kier molecular flexibility index (Phi) is 5.26. The third-order valence-corrected chi connectivity index (χ3v) is 4.04. The molecule has 2 amide bonds. The predicted molar refractivity (Wildman–Crippen MR) is 104 cm³/mol. The lowest BCUT2D eigenvalue weighted by Crippen LogP contribution is -2.28. The third kappa shape index (κ3) is 3.56. The van der Waals surface area contributed by atoms with Gasteiger partial charge in [-0.3, -0.25) is 19.7 Å². The average Bonchev–Trinajstić information content (AvgIpc) is 3.05. The van der Waals surface area contributed by atoms with Gasteiger partial charge in [0, 0.05) is 31.5 Å². The van der Waals surface area contributed by atoms with E-state index >= 15 is 0 Å². The Morgan fingerprint density at radius 2 is 2.12 bits per heavy atom. The van der Waals surface area contributed by atoms with Crippen LogP contribution in [0.1, 0.15) is 26.0 Å². The summed E-state index contributed by atoms with van der Waals surface area (Å²) in [6, 6.07) is 7.69. The number of aromatic nitrogens is 3. The standard InChI is InChI=1S/C19H22N6O/c1-4-15(20-3)16-9-14(13-7-6-8-21-11-13)10-18-23-17(12-25(16)18)24-19(26)22-5-2/h6-12H,4-5H2,1-3H3,(H2,22,24,26). The number of imidazole rings is 1. The van der Waals surface area contributed by atoms with E-state index in [1.165, 1.54) is 0 Å². The van der Waals surface area contributed by atoms with E-state index in [9.17, 15) is 4.79 Å². The molecule has 3 aromatic rings. The molecule has 0 aliphatic heterocycles. The normalized spacial score (nSPS) is 11.6. The summed E-state index contributed by atoms with van der Waals surface area (Å²) in [5, 5.41) is 5.46. The Morgan fingerprint density at radius 1 is 1.27 bits per heavy atom. The minimum Gasteiger partial charge on any atom is -0.338 e. The summed E-state index contributed by atoms with van der Waals surface area (Å²) in [6.07, 6.45) is 6.17. The zero-order valence-corrected chi connectivity index (χ0v) is 15.2. The second-order valence-electron chi connectivity index (χ2n) is 5.73. The van der Waals surface area contributed by atoms with E-state index in [1.54, 1.807) is 13.2 Å². The van der Waals surface area contributed by atoms with Crippen LogP contribution < -0.4 is 10.6 Å². The number of rotatable bonds is 5. The first kappa shape index (κ1) is 17.6. The Balaban J connectivity index is 2.13.